The van der Waals surface area contributed by atoms with Crippen LogP contribution in [0.1, 0.15) is 6.42 Å². The lowest BCUT2D eigenvalue weighted by molar-refractivity contribution is -0.117. The van der Waals surface area contributed by atoms with E-state index in [0.717, 1.165) is 4.70 Å². The Morgan fingerprint density at radius 3 is 2.85 bits per heavy atom. The molecule has 1 amide bonds. The molecule has 2 aromatic rings. The van der Waals surface area contributed by atoms with Crippen molar-refractivity contribution in [2.24, 2.45) is 5.14 Å². The summed E-state index contributed by atoms with van der Waals surface area (Å²) in [6, 6.07) is 5.28. The Morgan fingerprint density at radius 2 is 2.20 bits per heavy atom. The zero-order chi connectivity index (χ0) is 14.5. The van der Waals surface area contributed by atoms with E-state index in [-0.39, 0.29) is 18.9 Å². The lowest BCUT2D eigenvalue weighted by Gasteiger charge is -2.16. The number of carbonyl (C=O) groups excluding carboxylic acids is 1. The monoisotopic (exact) mass is 331 g/mol. The zero-order valence-corrected chi connectivity index (χ0v) is 12.5. The summed E-state index contributed by atoms with van der Waals surface area (Å²) >= 11 is 7.18. The summed E-state index contributed by atoms with van der Waals surface area (Å²) in [6.07, 6.45) is -0.0886. The molecular weight excluding hydrogens is 322 g/mol. The summed E-state index contributed by atoms with van der Waals surface area (Å²) in [6.45, 7) is 0.0705. The Morgan fingerprint density at radius 1 is 1.45 bits per heavy atom. The Hall–Kier alpha value is -1.22. The number of fused-ring (bicyclic) bond motifs is 1. The van der Waals surface area contributed by atoms with Crippen molar-refractivity contribution in [1.82, 2.24) is 4.98 Å². The standard InChI is InChI=1S/C11H10ClN3O3S2/c12-11-14-8-3-6(1-2-9(8)19-11)15-5-7(4-10(15)16)20(13,17)18/h1-3,7H,4-5H2,(H2,13,17,18). The molecule has 0 radical (unpaired) electrons. The number of carbonyl (C=O) groups is 1. The van der Waals surface area contributed by atoms with E-state index in [9.17, 15) is 13.2 Å². The number of hydrogen-bond donors (Lipinski definition) is 1. The first-order chi connectivity index (χ1) is 9.34. The number of thiazole rings is 1. The van der Waals surface area contributed by atoms with Gasteiger partial charge in [0.2, 0.25) is 15.9 Å². The fourth-order valence-corrected chi connectivity index (χ4v) is 3.94. The Bertz CT molecular complexity index is 802. The SMILES string of the molecule is NS(=O)(=O)C1CC(=O)N(c2ccc3sc(Cl)nc3c2)C1. The largest absolute Gasteiger partial charge is 0.311 e. The van der Waals surface area contributed by atoms with Gasteiger partial charge in [-0.1, -0.05) is 11.6 Å². The second kappa shape index (κ2) is 4.66. The molecule has 106 valence electrons. The molecule has 0 aliphatic carbocycles. The molecule has 1 atom stereocenters. The van der Waals surface area contributed by atoms with Crippen molar-refractivity contribution in [3.63, 3.8) is 0 Å². The van der Waals surface area contributed by atoms with Crippen LogP contribution in [-0.4, -0.2) is 31.1 Å². The van der Waals surface area contributed by atoms with E-state index in [4.69, 9.17) is 16.7 Å². The summed E-state index contributed by atoms with van der Waals surface area (Å²) < 4.78 is 24.0. The maximum atomic E-state index is 11.9. The number of rotatable bonds is 2. The molecule has 1 aromatic heterocycles. The number of nitrogens with zero attached hydrogens (tertiary/aromatic N) is 2. The van der Waals surface area contributed by atoms with E-state index in [0.29, 0.717) is 15.7 Å². The first-order valence-corrected chi connectivity index (χ1v) is 8.53. The van der Waals surface area contributed by atoms with Crippen molar-refractivity contribution >= 4 is 54.8 Å². The Labute approximate surface area is 124 Å². The highest BCUT2D eigenvalue weighted by molar-refractivity contribution is 7.89. The van der Waals surface area contributed by atoms with Gasteiger partial charge in [0.25, 0.3) is 0 Å². The molecule has 0 spiro atoms. The minimum absolute atomic E-state index is 0.0705. The predicted octanol–water partition coefficient (Wildman–Crippen LogP) is 1.34. The van der Waals surface area contributed by atoms with Crippen molar-refractivity contribution in [1.29, 1.82) is 0 Å². The van der Waals surface area contributed by atoms with E-state index >= 15 is 0 Å². The maximum absolute atomic E-state index is 11.9. The lowest BCUT2D eigenvalue weighted by atomic mass is 10.3. The smallest absolute Gasteiger partial charge is 0.228 e. The average Bonchev–Trinajstić information content (AvgIpc) is 2.89. The molecule has 2 N–H and O–H groups in total. The second-order valence-corrected chi connectivity index (χ2v) is 8.00. The number of nitrogens with two attached hydrogens (primary N) is 1. The van der Waals surface area contributed by atoms with Gasteiger partial charge < -0.3 is 4.90 Å². The number of halogens is 1. The van der Waals surface area contributed by atoms with Crippen LogP contribution < -0.4 is 10.0 Å². The average molecular weight is 332 g/mol. The van der Waals surface area contributed by atoms with Gasteiger partial charge >= 0.3 is 0 Å². The minimum atomic E-state index is -3.71. The number of benzene rings is 1. The number of aromatic nitrogens is 1. The third kappa shape index (κ3) is 2.39. The van der Waals surface area contributed by atoms with Crippen molar-refractivity contribution in [3.05, 3.63) is 22.7 Å². The van der Waals surface area contributed by atoms with E-state index in [1.165, 1.54) is 16.2 Å². The van der Waals surface area contributed by atoms with Crippen LogP contribution in [0, 0.1) is 0 Å². The zero-order valence-electron chi connectivity index (χ0n) is 10.1. The van der Waals surface area contributed by atoms with Crippen molar-refractivity contribution in [2.75, 3.05) is 11.4 Å². The van der Waals surface area contributed by atoms with E-state index < -0.39 is 15.3 Å². The molecule has 3 rings (SSSR count). The van der Waals surface area contributed by atoms with Gasteiger partial charge in [-0.25, -0.2) is 18.5 Å². The van der Waals surface area contributed by atoms with E-state index in [1.807, 2.05) is 6.07 Å². The van der Waals surface area contributed by atoms with Gasteiger partial charge in [-0.05, 0) is 18.2 Å². The van der Waals surface area contributed by atoms with Crippen LogP contribution in [0.4, 0.5) is 5.69 Å². The third-order valence-electron chi connectivity index (χ3n) is 3.21. The molecule has 20 heavy (non-hydrogen) atoms. The molecular formula is C11H10ClN3O3S2. The van der Waals surface area contributed by atoms with Crippen molar-refractivity contribution in [3.8, 4) is 0 Å². The molecule has 1 unspecified atom stereocenters. The van der Waals surface area contributed by atoms with Crippen molar-refractivity contribution < 1.29 is 13.2 Å². The Balaban J connectivity index is 1.97. The summed E-state index contributed by atoms with van der Waals surface area (Å²) in [5.41, 5.74) is 1.29. The van der Waals surface area contributed by atoms with Crippen LogP contribution in [-0.2, 0) is 14.8 Å². The van der Waals surface area contributed by atoms with Crippen molar-refractivity contribution in [2.45, 2.75) is 11.7 Å². The molecule has 6 nitrogen and oxygen atoms in total. The molecule has 1 fully saturated rings. The van der Waals surface area contributed by atoms with Crippen LogP contribution in [0.3, 0.4) is 0 Å². The quantitative estimate of drug-likeness (QED) is 0.898. The van der Waals surface area contributed by atoms with Gasteiger partial charge in [0.05, 0.1) is 10.2 Å². The number of hydrogen-bond acceptors (Lipinski definition) is 5. The number of anilines is 1. The maximum Gasteiger partial charge on any atom is 0.228 e. The summed E-state index contributed by atoms with van der Waals surface area (Å²) in [7, 11) is -3.71. The second-order valence-electron chi connectivity index (χ2n) is 4.54. The fraction of sp³-hybridized carbons (Fsp3) is 0.273. The normalized spacial score (nSPS) is 20.0. The van der Waals surface area contributed by atoms with E-state index in [2.05, 4.69) is 4.98 Å². The highest BCUT2D eigenvalue weighted by atomic mass is 35.5. The molecule has 9 heteroatoms. The van der Waals surface area contributed by atoms with Crippen LogP contribution in [0.5, 0.6) is 0 Å². The number of primary sulfonamides is 1. The Kier molecular flexibility index (Phi) is 3.20. The summed E-state index contributed by atoms with van der Waals surface area (Å²) in [5, 5.41) is 4.25. The van der Waals surface area contributed by atoms with Gasteiger partial charge in [-0.2, -0.15) is 0 Å². The first-order valence-electron chi connectivity index (χ1n) is 5.72. The molecule has 1 saturated heterocycles. The molecule has 1 aromatic carbocycles. The number of amides is 1. The van der Waals surface area contributed by atoms with Gasteiger partial charge in [0.1, 0.15) is 5.25 Å². The fourth-order valence-electron chi connectivity index (χ4n) is 2.20. The summed E-state index contributed by atoms with van der Waals surface area (Å²) in [5.74, 6) is -0.260. The molecule has 0 saturated carbocycles. The molecule has 0 bridgehead atoms. The highest BCUT2D eigenvalue weighted by Crippen LogP contribution is 2.31. The number of sulfonamides is 1. The lowest BCUT2D eigenvalue weighted by Crippen LogP contribution is -2.32. The highest BCUT2D eigenvalue weighted by Gasteiger charge is 2.37. The molecule has 1 aliphatic heterocycles. The molecule has 2 heterocycles. The van der Waals surface area contributed by atoms with Gasteiger partial charge in [0, 0.05) is 18.7 Å². The minimum Gasteiger partial charge on any atom is -0.311 e. The summed E-state index contributed by atoms with van der Waals surface area (Å²) in [4.78, 5) is 17.5. The van der Waals surface area contributed by atoms with Gasteiger partial charge in [-0.15, -0.1) is 11.3 Å². The molecule has 1 aliphatic rings. The third-order valence-corrected chi connectivity index (χ3v) is 5.60. The predicted molar refractivity (Wildman–Crippen MR) is 78.5 cm³/mol. The first kappa shape index (κ1) is 13.7. The topological polar surface area (TPSA) is 93.4 Å². The van der Waals surface area contributed by atoms with Crippen LogP contribution in [0.2, 0.25) is 4.47 Å². The van der Waals surface area contributed by atoms with Gasteiger partial charge in [0.15, 0.2) is 4.47 Å². The van der Waals surface area contributed by atoms with Crippen LogP contribution in [0.15, 0.2) is 18.2 Å². The van der Waals surface area contributed by atoms with E-state index in [1.54, 1.807) is 12.1 Å². The van der Waals surface area contributed by atoms with Crippen LogP contribution in [0.25, 0.3) is 10.2 Å². The van der Waals surface area contributed by atoms with Gasteiger partial charge in [-0.3, -0.25) is 4.79 Å². The van der Waals surface area contributed by atoms with Crippen LogP contribution >= 0.6 is 22.9 Å².